The maximum atomic E-state index is 11.7. The number of nitrogens with zero attached hydrogens (tertiary/aromatic N) is 2. The van der Waals surface area contributed by atoms with E-state index >= 15 is 0 Å². The van der Waals surface area contributed by atoms with Crippen molar-refractivity contribution in [3.05, 3.63) is 59.7 Å². The molecule has 2 heterocycles. The third kappa shape index (κ3) is 2.25. The summed E-state index contributed by atoms with van der Waals surface area (Å²) in [5.74, 6) is 0.416. The zero-order valence-electron chi connectivity index (χ0n) is 11.0. The minimum Gasteiger partial charge on any atom is -0.465 e. The Morgan fingerprint density at radius 1 is 1.30 bits per heavy atom. The molecule has 0 unspecified atom stereocenters. The van der Waals surface area contributed by atoms with Gasteiger partial charge in [-0.1, -0.05) is 12.1 Å². The van der Waals surface area contributed by atoms with Crippen LogP contribution in [-0.2, 0) is 11.2 Å². The van der Waals surface area contributed by atoms with Gasteiger partial charge in [-0.15, -0.1) is 0 Å². The highest BCUT2D eigenvalue weighted by atomic mass is 16.5. The van der Waals surface area contributed by atoms with Crippen molar-refractivity contribution in [1.29, 1.82) is 0 Å². The molecule has 5 nitrogen and oxygen atoms in total. The lowest BCUT2D eigenvalue weighted by molar-refractivity contribution is 0.0603. The number of ether oxygens (including phenoxy) is 1. The fourth-order valence-electron chi connectivity index (χ4n) is 2.14. The van der Waals surface area contributed by atoms with E-state index in [1.807, 2.05) is 18.2 Å². The number of carbonyl (C=O) groups is 1. The molecule has 1 N–H and O–H groups in total. The van der Waals surface area contributed by atoms with E-state index in [0.717, 1.165) is 16.9 Å². The Bertz CT molecular complexity index is 750. The maximum Gasteiger partial charge on any atom is 0.340 e. The number of pyridine rings is 1. The van der Waals surface area contributed by atoms with Gasteiger partial charge < -0.3 is 9.72 Å². The number of hydrogen-bond donors (Lipinski definition) is 1. The number of aromatic amines is 1. The second-order valence-corrected chi connectivity index (χ2v) is 4.41. The molecule has 5 heteroatoms. The molecule has 2 aromatic heterocycles. The third-order valence-electron chi connectivity index (χ3n) is 3.06. The lowest BCUT2D eigenvalue weighted by atomic mass is 10.2. The van der Waals surface area contributed by atoms with Gasteiger partial charge in [-0.05, 0) is 23.8 Å². The van der Waals surface area contributed by atoms with E-state index in [-0.39, 0.29) is 5.97 Å². The van der Waals surface area contributed by atoms with Crippen molar-refractivity contribution in [2.45, 2.75) is 6.42 Å². The SMILES string of the molecule is COC(=O)c1cccc2[nH]c(Cc3cccnc3)nc12. The van der Waals surface area contributed by atoms with Crippen LogP contribution in [0.15, 0.2) is 42.7 Å². The molecule has 0 saturated heterocycles. The molecular weight excluding hydrogens is 254 g/mol. The molecule has 0 amide bonds. The minimum atomic E-state index is -0.380. The molecular formula is C15H13N3O2. The summed E-state index contributed by atoms with van der Waals surface area (Å²) in [4.78, 5) is 23.5. The van der Waals surface area contributed by atoms with Crippen molar-refractivity contribution in [2.75, 3.05) is 7.11 Å². The molecule has 1 aromatic carbocycles. The van der Waals surface area contributed by atoms with Gasteiger partial charge >= 0.3 is 5.97 Å². The largest absolute Gasteiger partial charge is 0.465 e. The van der Waals surface area contributed by atoms with Crippen LogP contribution in [0.4, 0.5) is 0 Å². The van der Waals surface area contributed by atoms with Gasteiger partial charge in [0.1, 0.15) is 11.3 Å². The second-order valence-electron chi connectivity index (χ2n) is 4.41. The Hall–Kier alpha value is -2.69. The van der Waals surface area contributed by atoms with Crippen molar-refractivity contribution < 1.29 is 9.53 Å². The van der Waals surface area contributed by atoms with E-state index < -0.39 is 0 Å². The monoisotopic (exact) mass is 267 g/mol. The minimum absolute atomic E-state index is 0.380. The number of hydrogen-bond acceptors (Lipinski definition) is 4. The topological polar surface area (TPSA) is 67.9 Å². The number of para-hydroxylation sites is 1. The molecule has 0 aliphatic carbocycles. The summed E-state index contributed by atoms with van der Waals surface area (Å²) in [5.41, 5.74) is 3.00. The van der Waals surface area contributed by atoms with Gasteiger partial charge in [-0.2, -0.15) is 0 Å². The smallest absolute Gasteiger partial charge is 0.340 e. The fourth-order valence-corrected chi connectivity index (χ4v) is 2.14. The molecule has 3 aromatic rings. The van der Waals surface area contributed by atoms with Crippen LogP contribution >= 0.6 is 0 Å². The van der Waals surface area contributed by atoms with Crippen molar-refractivity contribution >= 4 is 17.0 Å². The average molecular weight is 267 g/mol. The molecule has 0 aliphatic rings. The van der Waals surface area contributed by atoms with Gasteiger partial charge in [0.25, 0.3) is 0 Å². The first-order valence-corrected chi connectivity index (χ1v) is 6.23. The van der Waals surface area contributed by atoms with Crippen LogP contribution in [0.3, 0.4) is 0 Å². The van der Waals surface area contributed by atoms with E-state index in [0.29, 0.717) is 17.5 Å². The van der Waals surface area contributed by atoms with Crippen LogP contribution < -0.4 is 0 Å². The van der Waals surface area contributed by atoms with E-state index in [1.165, 1.54) is 7.11 Å². The summed E-state index contributed by atoms with van der Waals surface area (Å²) >= 11 is 0. The molecule has 3 rings (SSSR count). The fraction of sp³-hybridized carbons (Fsp3) is 0.133. The van der Waals surface area contributed by atoms with E-state index in [2.05, 4.69) is 15.0 Å². The lowest BCUT2D eigenvalue weighted by Crippen LogP contribution is -2.01. The van der Waals surface area contributed by atoms with Gasteiger partial charge in [-0.3, -0.25) is 4.98 Å². The van der Waals surface area contributed by atoms with Crippen molar-refractivity contribution in [3.8, 4) is 0 Å². The van der Waals surface area contributed by atoms with Crippen LogP contribution in [0.5, 0.6) is 0 Å². The Kier molecular flexibility index (Phi) is 3.16. The highest BCUT2D eigenvalue weighted by Gasteiger charge is 2.13. The number of nitrogens with one attached hydrogen (secondary N) is 1. The van der Waals surface area contributed by atoms with Crippen LogP contribution in [0, 0.1) is 0 Å². The Morgan fingerprint density at radius 2 is 2.20 bits per heavy atom. The molecule has 100 valence electrons. The molecule has 0 aliphatic heterocycles. The van der Waals surface area contributed by atoms with Gasteiger partial charge in [-0.25, -0.2) is 9.78 Å². The molecule has 0 spiro atoms. The standard InChI is InChI=1S/C15H13N3O2/c1-20-15(19)11-5-2-6-12-14(11)18-13(17-12)8-10-4-3-7-16-9-10/h2-7,9H,8H2,1H3,(H,17,18). The van der Waals surface area contributed by atoms with Crippen LogP contribution in [-0.4, -0.2) is 28.0 Å². The lowest BCUT2D eigenvalue weighted by Gasteiger charge is -1.98. The van der Waals surface area contributed by atoms with Crippen molar-refractivity contribution in [3.63, 3.8) is 0 Å². The quantitative estimate of drug-likeness (QED) is 0.739. The predicted molar refractivity (Wildman–Crippen MR) is 74.5 cm³/mol. The predicted octanol–water partition coefficient (Wildman–Crippen LogP) is 2.34. The van der Waals surface area contributed by atoms with Gasteiger partial charge in [0.2, 0.25) is 0 Å². The molecule has 0 fully saturated rings. The number of aromatic nitrogens is 3. The average Bonchev–Trinajstić information content (AvgIpc) is 2.89. The number of H-pyrrole nitrogens is 1. The maximum absolute atomic E-state index is 11.7. The first kappa shape index (κ1) is 12.3. The number of methoxy groups -OCH3 is 1. The van der Waals surface area contributed by atoms with Gasteiger partial charge in [0.05, 0.1) is 18.2 Å². The molecule has 0 atom stereocenters. The Labute approximate surface area is 115 Å². The van der Waals surface area contributed by atoms with Crippen LogP contribution in [0.2, 0.25) is 0 Å². The third-order valence-corrected chi connectivity index (χ3v) is 3.06. The van der Waals surface area contributed by atoms with Crippen LogP contribution in [0.25, 0.3) is 11.0 Å². The van der Waals surface area contributed by atoms with Gasteiger partial charge in [0, 0.05) is 18.8 Å². The molecule has 0 saturated carbocycles. The first-order valence-electron chi connectivity index (χ1n) is 6.23. The Morgan fingerprint density at radius 3 is 2.95 bits per heavy atom. The number of carbonyl (C=O) groups excluding carboxylic acids is 1. The zero-order valence-corrected chi connectivity index (χ0v) is 11.0. The summed E-state index contributed by atoms with van der Waals surface area (Å²) in [6.45, 7) is 0. The summed E-state index contributed by atoms with van der Waals surface area (Å²) < 4.78 is 4.77. The van der Waals surface area contributed by atoms with Crippen LogP contribution in [0.1, 0.15) is 21.7 Å². The summed E-state index contributed by atoms with van der Waals surface area (Å²) in [5, 5.41) is 0. The van der Waals surface area contributed by atoms with E-state index in [1.54, 1.807) is 24.5 Å². The number of rotatable bonds is 3. The number of imidazole rings is 1. The molecule has 20 heavy (non-hydrogen) atoms. The highest BCUT2D eigenvalue weighted by molar-refractivity contribution is 6.01. The summed E-state index contributed by atoms with van der Waals surface area (Å²) in [6, 6.07) is 9.28. The highest BCUT2D eigenvalue weighted by Crippen LogP contribution is 2.18. The van der Waals surface area contributed by atoms with Gasteiger partial charge in [0.15, 0.2) is 0 Å². The van der Waals surface area contributed by atoms with Crippen molar-refractivity contribution in [1.82, 2.24) is 15.0 Å². The number of fused-ring (bicyclic) bond motifs is 1. The normalized spacial score (nSPS) is 10.7. The molecule has 0 radical (unpaired) electrons. The number of benzene rings is 1. The summed E-state index contributed by atoms with van der Waals surface area (Å²) in [6.07, 6.45) is 4.18. The second kappa shape index (κ2) is 5.13. The number of esters is 1. The Balaban J connectivity index is 2.00. The van der Waals surface area contributed by atoms with Crippen molar-refractivity contribution in [2.24, 2.45) is 0 Å². The first-order chi connectivity index (χ1) is 9.78. The summed E-state index contributed by atoms with van der Waals surface area (Å²) in [7, 11) is 1.37. The van der Waals surface area contributed by atoms with E-state index in [4.69, 9.17) is 4.74 Å². The zero-order chi connectivity index (χ0) is 13.9. The van der Waals surface area contributed by atoms with E-state index in [9.17, 15) is 4.79 Å². The molecule has 0 bridgehead atoms.